The highest BCUT2D eigenvalue weighted by Crippen LogP contribution is 2.52. The highest BCUT2D eigenvalue weighted by Gasteiger charge is 2.24. The van der Waals surface area contributed by atoms with E-state index in [1.807, 2.05) is 22.7 Å². The van der Waals surface area contributed by atoms with Gasteiger partial charge in [-0.2, -0.15) is 0 Å². The van der Waals surface area contributed by atoms with Crippen molar-refractivity contribution in [1.29, 1.82) is 0 Å². The van der Waals surface area contributed by atoms with Gasteiger partial charge in [0.25, 0.3) is 0 Å². The van der Waals surface area contributed by atoms with E-state index in [1.165, 1.54) is 107 Å². The van der Waals surface area contributed by atoms with Crippen LogP contribution in [-0.2, 0) is 0 Å². The molecule has 0 radical (unpaired) electrons. The Bertz CT molecular complexity index is 3560. The number of rotatable bonds is 7. The Morgan fingerprint density at radius 3 is 1.54 bits per heavy atom. The molecule has 61 heavy (non-hydrogen) atoms. The summed E-state index contributed by atoms with van der Waals surface area (Å²) in [5.74, 6) is 0. The Morgan fingerprint density at radius 1 is 0.295 bits per heavy atom. The van der Waals surface area contributed by atoms with Crippen LogP contribution in [0.1, 0.15) is 0 Å². The topological polar surface area (TPSA) is 3.24 Å². The molecule has 0 saturated heterocycles. The third-order valence-corrected chi connectivity index (χ3v) is 14.4. The van der Waals surface area contributed by atoms with Crippen LogP contribution in [-0.4, -0.2) is 0 Å². The highest BCUT2D eigenvalue weighted by molar-refractivity contribution is 7.26. The van der Waals surface area contributed by atoms with Crippen molar-refractivity contribution in [3.05, 3.63) is 224 Å². The number of thiophene rings is 2. The number of anilines is 3. The zero-order valence-corrected chi connectivity index (χ0v) is 34.8. The molecular formula is C58H37NS2. The summed E-state index contributed by atoms with van der Waals surface area (Å²) in [6, 6.07) is 82.4. The monoisotopic (exact) mass is 811 g/mol. The summed E-state index contributed by atoms with van der Waals surface area (Å²) in [7, 11) is 0. The molecule has 0 aliphatic rings. The van der Waals surface area contributed by atoms with Gasteiger partial charge in [-0.05, 0) is 97.7 Å². The Balaban J connectivity index is 1.12. The largest absolute Gasteiger partial charge is 0.309 e. The van der Waals surface area contributed by atoms with Gasteiger partial charge in [-0.15, -0.1) is 22.7 Å². The number of hydrogen-bond acceptors (Lipinski definition) is 3. The molecule has 286 valence electrons. The second-order valence-corrected chi connectivity index (χ2v) is 17.8. The lowest BCUT2D eigenvalue weighted by atomic mass is 9.97. The van der Waals surface area contributed by atoms with Gasteiger partial charge >= 0.3 is 0 Å². The summed E-state index contributed by atoms with van der Waals surface area (Å²) in [5, 5.41) is 7.58. The summed E-state index contributed by atoms with van der Waals surface area (Å²) in [5.41, 5.74) is 13.3. The maximum Gasteiger partial charge on any atom is 0.0555 e. The Hall–Kier alpha value is -7.30. The van der Waals surface area contributed by atoms with Crippen molar-refractivity contribution >= 4 is 90.9 Å². The van der Waals surface area contributed by atoms with Gasteiger partial charge in [-0.1, -0.05) is 182 Å². The van der Waals surface area contributed by atoms with Gasteiger partial charge in [0.1, 0.15) is 0 Å². The number of benzene rings is 10. The van der Waals surface area contributed by atoms with Gasteiger partial charge in [-0.25, -0.2) is 0 Å². The van der Waals surface area contributed by atoms with Crippen molar-refractivity contribution in [2.24, 2.45) is 0 Å². The van der Waals surface area contributed by atoms with Crippen LogP contribution < -0.4 is 4.90 Å². The van der Waals surface area contributed by atoms with Crippen molar-refractivity contribution in [2.45, 2.75) is 0 Å². The van der Waals surface area contributed by atoms with Gasteiger partial charge in [0.05, 0.1) is 11.4 Å². The lowest BCUT2D eigenvalue weighted by Crippen LogP contribution is -2.11. The van der Waals surface area contributed by atoms with E-state index < -0.39 is 0 Å². The quantitative estimate of drug-likeness (QED) is 0.155. The molecule has 10 aromatic carbocycles. The second kappa shape index (κ2) is 14.8. The minimum absolute atomic E-state index is 1.12. The van der Waals surface area contributed by atoms with Crippen LogP contribution in [0.25, 0.3) is 95.6 Å². The number of nitrogens with zero attached hydrogens (tertiary/aromatic N) is 1. The van der Waals surface area contributed by atoms with Crippen LogP contribution >= 0.6 is 22.7 Å². The van der Waals surface area contributed by atoms with E-state index >= 15 is 0 Å². The first-order valence-electron chi connectivity index (χ1n) is 20.7. The van der Waals surface area contributed by atoms with Crippen molar-refractivity contribution in [2.75, 3.05) is 4.90 Å². The molecule has 0 N–H and O–H groups in total. The van der Waals surface area contributed by atoms with Crippen LogP contribution in [0.15, 0.2) is 224 Å². The first-order valence-corrected chi connectivity index (χ1v) is 22.4. The first kappa shape index (κ1) is 35.6. The Morgan fingerprint density at radius 2 is 0.836 bits per heavy atom. The van der Waals surface area contributed by atoms with Gasteiger partial charge in [-0.3, -0.25) is 0 Å². The molecule has 0 saturated carbocycles. The standard InChI is InChI=1S/C58H37NS2/c1-4-14-38(15-5-1)43-28-32-49-54(36-43)60-53-25-13-24-51(56(49)53)59(45-30-26-42(27-31-45)47-23-12-21-40-20-10-11-22-46(40)47)52-35-34-48(41-18-8-3-9-19-41)58-57(52)50-33-29-44(37-55(50)61-58)39-16-6-2-7-17-39/h1-37H. The molecule has 0 unspecified atom stereocenters. The maximum atomic E-state index is 2.53. The van der Waals surface area contributed by atoms with Crippen molar-refractivity contribution in [3.8, 4) is 44.5 Å². The minimum Gasteiger partial charge on any atom is -0.309 e. The lowest BCUT2D eigenvalue weighted by molar-refractivity contribution is 1.32. The van der Waals surface area contributed by atoms with Crippen LogP contribution in [0.3, 0.4) is 0 Å². The van der Waals surface area contributed by atoms with E-state index in [-0.39, 0.29) is 0 Å². The van der Waals surface area contributed by atoms with Crippen LogP contribution in [0.2, 0.25) is 0 Å². The van der Waals surface area contributed by atoms with E-state index in [0.717, 1.165) is 5.69 Å². The third kappa shape index (κ3) is 6.13. The normalized spacial score (nSPS) is 11.6. The van der Waals surface area contributed by atoms with Gasteiger partial charge in [0, 0.05) is 46.0 Å². The van der Waals surface area contributed by atoms with Crippen LogP contribution in [0.5, 0.6) is 0 Å². The third-order valence-electron chi connectivity index (χ3n) is 12.1. The summed E-state index contributed by atoms with van der Waals surface area (Å²) >= 11 is 3.77. The molecule has 1 nitrogen and oxygen atoms in total. The number of hydrogen-bond donors (Lipinski definition) is 0. The molecule has 2 heterocycles. The SMILES string of the molecule is c1ccc(-c2ccc3c(c2)sc2cccc(N(c4ccc(-c5cccc6ccccc56)cc4)c4ccc(-c5ccccc5)c5sc6cc(-c7ccccc7)ccc6c45)c23)cc1. The minimum atomic E-state index is 1.12. The van der Waals surface area contributed by atoms with Crippen LogP contribution in [0, 0.1) is 0 Å². The Labute approximate surface area is 362 Å². The zero-order chi connectivity index (χ0) is 40.3. The molecular weight excluding hydrogens is 775 g/mol. The van der Waals surface area contributed by atoms with Crippen molar-refractivity contribution in [3.63, 3.8) is 0 Å². The summed E-state index contributed by atoms with van der Waals surface area (Å²) < 4.78 is 5.12. The summed E-state index contributed by atoms with van der Waals surface area (Å²) in [4.78, 5) is 2.53. The predicted octanol–water partition coefficient (Wildman–Crippen LogP) is 17.7. The van der Waals surface area contributed by atoms with E-state index in [0.29, 0.717) is 0 Å². The molecule has 0 amide bonds. The molecule has 0 bridgehead atoms. The van der Waals surface area contributed by atoms with Crippen molar-refractivity contribution in [1.82, 2.24) is 0 Å². The van der Waals surface area contributed by atoms with Gasteiger partial charge in [0.2, 0.25) is 0 Å². The van der Waals surface area contributed by atoms with Gasteiger partial charge in [0.15, 0.2) is 0 Å². The number of fused-ring (bicyclic) bond motifs is 7. The smallest absolute Gasteiger partial charge is 0.0555 e. The van der Waals surface area contributed by atoms with Crippen molar-refractivity contribution < 1.29 is 0 Å². The zero-order valence-electron chi connectivity index (χ0n) is 33.1. The second-order valence-electron chi connectivity index (χ2n) is 15.6. The molecule has 0 spiro atoms. The predicted molar refractivity (Wildman–Crippen MR) is 266 cm³/mol. The van der Waals surface area contributed by atoms with Gasteiger partial charge < -0.3 is 4.90 Å². The van der Waals surface area contributed by atoms with E-state index in [1.54, 1.807) is 0 Å². The Kier molecular flexibility index (Phi) is 8.62. The average molecular weight is 812 g/mol. The molecule has 0 fully saturated rings. The van der Waals surface area contributed by atoms with E-state index in [4.69, 9.17) is 0 Å². The fraction of sp³-hybridized carbons (Fsp3) is 0. The molecule has 12 aromatic rings. The lowest BCUT2D eigenvalue weighted by Gasteiger charge is -2.28. The first-order chi connectivity index (χ1) is 30.2. The van der Waals surface area contributed by atoms with E-state index in [2.05, 4.69) is 229 Å². The fourth-order valence-corrected chi connectivity index (χ4v) is 11.6. The molecule has 0 aliphatic carbocycles. The summed E-state index contributed by atoms with van der Waals surface area (Å²) in [6.07, 6.45) is 0. The molecule has 2 aromatic heterocycles. The van der Waals surface area contributed by atoms with Crippen LogP contribution in [0.4, 0.5) is 17.1 Å². The maximum absolute atomic E-state index is 2.53. The highest BCUT2D eigenvalue weighted by atomic mass is 32.1. The average Bonchev–Trinajstić information content (AvgIpc) is 3.91. The molecule has 12 rings (SSSR count). The molecule has 3 heteroatoms. The van der Waals surface area contributed by atoms with E-state index in [9.17, 15) is 0 Å². The molecule has 0 aliphatic heterocycles. The summed E-state index contributed by atoms with van der Waals surface area (Å²) in [6.45, 7) is 0. The fourth-order valence-electron chi connectivity index (χ4n) is 9.18. The molecule has 0 atom stereocenters.